The Morgan fingerprint density at radius 2 is 1.74 bits per heavy atom. The van der Waals surface area contributed by atoms with Crippen LogP contribution in [0.4, 0.5) is 0 Å². The van der Waals surface area contributed by atoms with E-state index in [9.17, 15) is 0 Å². The van der Waals surface area contributed by atoms with Gasteiger partial charge in [0.25, 0.3) is 0 Å². The van der Waals surface area contributed by atoms with Crippen LogP contribution in [0.1, 0.15) is 72.9 Å². The summed E-state index contributed by atoms with van der Waals surface area (Å²) in [6, 6.07) is 16.4. The second kappa shape index (κ2) is 6.96. The van der Waals surface area contributed by atoms with Crippen molar-refractivity contribution in [1.82, 2.24) is 0 Å². The Balaban J connectivity index is 1.38. The van der Waals surface area contributed by atoms with Crippen LogP contribution >= 0.6 is 0 Å². The van der Waals surface area contributed by atoms with E-state index < -0.39 is 0 Å². The van der Waals surface area contributed by atoms with Crippen LogP contribution in [0, 0.1) is 5.92 Å². The van der Waals surface area contributed by atoms with Gasteiger partial charge in [-0.1, -0.05) is 68.3 Å². The van der Waals surface area contributed by atoms with Crippen LogP contribution in [0.5, 0.6) is 0 Å². The SMILES string of the molecule is CCc1ccc(C2=CC(c3ccc4c(c3)C=NC4C3CCCC3)=CC2)cc1. The molecule has 27 heavy (non-hydrogen) atoms. The zero-order chi connectivity index (χ0) is 18.2. The Kier molecular flexibility index (Phi) is 4.32. The molecule has 136 valence electrons. The molecular weight excluding hydrogens is 326 g/mol. The highest BCUT2D eigenvalue weighted by Crippen LogP contribution is 2.42. The van der Waals surface area contributed by atoms with Gasteiger partial charge in [-0.15, -0.1) is 0 Å². The van der Waals surface area contributed by atoms with E-state index in [1.807, 2.05) is 0 Å². The maximum atomic E-state index is 4.87. The van der Waals surface area contributed by atoms with E-state index in [-0.39, 0.29) is 0 Å². The molecule has 1 aliphatic heterocycles. The van der Waals surface area contributed by atoms with Crippen molar-refractivity contribution in [3.63, 3.8) is 0 Å². The lowest BCUT2D eigenvalue weighted by Crippen LogP contribution is -2.05. The first-order chi connectivity index (χ1) is 13.3. The average molecular weight is 354 g/mol. The summed E-state index contributed by atoms with van der Waals surface area (Å²) in [6.07, 6.45) is 14.4. The van der Waals surface area contributed by atoms with Crippen molar-refractivity contribution in [2.75, 3.05) is 0 Å². The van der Waals surface area contributed by atoms with Crippen molar-refractivity contribution in [2.24, 2.45) is 10.9 Å². The summed E-state index contributed by atoms with van der Waals surface area (Å²) in [6.45, 7) is 2.21. The van der Waals surface area contributed by atoms with Gasteiger partial charge in [-0.25, -0.2) is 0 Å². The predicted octanol–water partition coefficient (Wildman–Crippen LogP) is 6.78. The Bertz CT molecular complexity index is 937. The van der Waals surface area contributed by atoms with E-state index in [1.54, 1.807) is 0 Å². The number of benzene rings is 2. The highest BCUT2D eigenvalue weighted by atomic mass is 14.8. The zero-order valence-electron chi connectivity index (χ0n) is 16.1. The maximum absolute atomic E-state index is 4.87. The molecule has 1 fully saturated rings. The number of nitrogens with zero attached hydrogens (tertiary/aromatic N) is 1. The molecule has 1 nitrogen and oxygen atoms in total. The van der Waals surface area contributed by atoms with Crippen LogP contribution in [-0.4, -0.2) is 6.21 Å². The number of aliphatic imine (C=N–C) groups is 1. The van der Waals surface area contributed by atoms with E-state index in [0.717, 1.165) is 18.8 Å². The van der Waals surface area contributed by atoms with Crippen LogP contribution in [0.3, 0.4) is 0 Å². The van der Waals surface area contributed by atoms with Gasteiger partial charge >= 0.3 is 0 Å². The maximum Gasteiger partial charge on any atom is 0.0783 e. The smallest absolute Gasteiger partial charge is 0.0783 e. The quantitative estimate of drug-likeness (QED) is 0.574. The molecule has 0 amide bonds. The van der Waals surface area contributed by atoms with Crippen molar-refractivity contribution >= 4 is 17.4 Å². The fraction of sp³-hybridized carbons (Fsp3) is 0.346. The van der Waals surface area contributed by atoms with Gasteiger partial charge in [-0.05, 0) is 76.6 Å². The Morgan fingerprint density at radius 3 is 2.52 bits per heavy atom. The summed E-state index contributed by atoms with van der Waals surface area (Å²) in [5, 5.41) is 0. The number of fused-ring (bicyclic) bond motifs is 1. The molecule has 0 N–H and O–H groups in total. The summed E-state index contributed by atoms with van der Waals surface area (Å²) in [7, 11) is 0. The predicted molar refractivity (Wildman–Crippen MR) is 115 cm³/mol. The van der Waals surface area contributed by atoms with E-state index in [0.29, 0.717) is 6.04 Å². The number of aryl methyl sites for hydroxylation is 1. The second-order valence-electron chi connectivity index (χ2n) is 8.19. The number of hydrogen-bond donors (Lipinski definition) is 0. The number of rotatable bonds is 4. The summed E-state index contributed by atoms with van der Waals surface area (Å²) in [5.74, 6) is 0.761. The third kappa shape index (κ3) is 3.10. The molecule has 0 spiro atoms. The van der Waals surface area contributed by atoms with Gasteiger partial charge in [0.1, 0.15) is 0 Å². The molecule has 1 heteroatoms. The van der Waals surface area contributed by atoms with Crippen LogP contribution in [0.15, 0.2) is 59.6 Å². The molecule has 2 aromatic rings. The van der Waals surface area contributed by atoms with Gasteiger partial charge in [0.2, 0.25) is 0 Å². The number of allylic oxidation sites excluding steroid dienone is 4. The van der Waals surface area contributed by atoms with Crippen molar-refractivity contribution < 1.29 is 0 Å². The van der Waals surface area contributed by atoms with Crippen molar-refractivity contribution in [3.05, 3.63) is 82.4 Å². The van der Waals surface area contributed by atoms with Gasteiger partial charge in [-0.2, -0.15) is 0 Å². The fourth-order valence-corrected chi connectivity index (χ4v) is 4.91. The lowest BCUT2D eigenvalue weighted by molar-refractivity contribution is 0.453. The largest absolute Gasteiger partial charge is 0.284 e. The lowest BCUT2D eigenvalue weighted by atomic mass is 9.90. The lowest BCUT2D eigenvalue weighted by Gasteiger charge is -2.17. The highest BCUT2D eigenvalue weighted by molar-refractivity contribution is 5.92. The molecule has 0 bridgehead atoms. The topological polar surface area (TPSA) is 12.4 Å². The van der Waals surface area contributed by atoms with Gasteiger partial charge in [-0.3, -0.25) is 4.99 Å². The molecule has 2 aromatic carbocycles. The van der Waals surface area contributed by atoms with Crippen LogP contribution in [0.2, 0.25) is 0 Å². The Labute approximate surface area is 162 Å². The van der Waals surface area contributed by atoms with Gasteiger partial charge in [0.05, 0.1) is 6.04 Å². The van der Waals surface area contributed by atoms with Gasteiger partial charge in [0, 0.05) is 6.21 Å². The molecule has 1 unspecified atom stereocenters. The Morgan fingerprint density at radius 1 is 0.963 bits per heavy atom. The summed E-state index contributed by atoms with van der Waals surface area (Å²) in [4.78, 5) is 4.87. The minimum Gasteiger partial charge on any atom is -0.284 e. The molecule has 3 aliphatic rings. The molecule has 5 rings (SSSR count). The summed E-state index contributed by atoms with van der Waals surface area (Å²) < 4.78 is 0. The van der Waals surface area contributed by atoms with E-state index in [2.05, 4.69) is 67.8 Å². The molecule has 1 saturated carbocycles. The first-order valence-corrected chi connectivity index (χ1v) is 10.5. The van der Waals surface area contributed by atoms with Crippen LogP contribution in [0.25, 0.3) is 11.1 Å². The van der Waals surface area contributed by atoms with Gasteiger partial charge < -0.3 is 0 Å². The van der Waals surface area contributed by atoms with E-state index >= 15 is 0 Å². The molecular formula is C26H27N. The van der Waals surface area contributed by atoms with E-state index in [4.69, 9.17) is 4.99 Å². The fourth-order valence-electron chi connectivity index (χ4n) is 4.91. The van der Waals surface area contributed by atoms with Crippen molar-refractivity contribution in [3.8, 4) is 0 Å². The number of hydrogen-bond acceptors (Lipinski definition) is 1. The average Bonchev–Trinajstić information content (AvgIpc) is 3.47. The monoisotopic (exact) mass is 353 g/mol. The summed E-state index contributed by atoms with van der Waals surface area (Å²) in [5.41, 5.74) is 9.63. The molecule has 0 radical (unpaired) electrons. The molecule has 0 saturated heterocycles. The zero-order valence-corrected chi connectivity index (χ0v) is 16.1. The van der Waals surface area contributed by atoms with Gasteiger partial charge in [0.15, 0.2) is 0 Å². The second-order valence-corrected chi connectivity index (χ2v) is 8.19. The third-order valence-electron chi connectivity index (χ3n) is 6.56. The minimum atomic E-state index is 0.414. The minimum absolute atomic E-state index is 0.414. The first kappa shape index (κ1) is 16.7. The molecule has 1 heterocycles. The van der Waals surface area contributed by atoms with Crippen molar-refractivity contribution in [2.45, 2.75) is 51.5 Å². The van der Waals surface area contributed by atoms with E-state index in [1.165, 1.54) is 64.6 Å². The molecule has 2 aliphatic carbocycles. The van der Waals surface area contributed by atoms with Crippen LogP contribution < -0.4 is 0 Å². The third-order valence-corrected chi connectivity index (χ3v) is 6.56. The molecule has 1 atom stereocenters. The standard InChI is InChI=1S/C26H27N/c1-2-18-7-9-19(10-8-18)21-11-12-22(15-21)23-13-14-25-24(16-23)17-27-26(25)20-5-3-4-6-20/h7-10,12-17,20,26H,2-6,11H2,1H3. The normalized spacial score (nSPS) is 21.4. The van der Waals surface area contributed by atoms with Crippen molar-refractivity contribution in [1.29, 1.82) is 0 Å². The Hall–Kier alpha value is -2.41. The summed E-state index contributed by atoms with van der Waals surface area (Å²) >= 11 is 0. The van der Waals surface area contributed by atoms with Crippen LogP contribution in [-0.2, 0) is 6.42 Å². The highest BCUT2D eigenvalue weighted by Gasteiger charge is 2.29. The first-order valence-electron chi connectivity index (χ1n) is 10.5. The molecule has 0 aromatic heterocycles.